The summed E-state index contributed by atoms with van der Waals surface area (Å²) in [6.45, 7) is 0.183. The Morgan fingerprint density at radius 2 is 1.80 bits per heavy atom. The first-order valence-electron chi connectivity index (χ1n) is 13.4. The molecule has 1 aromatic rings. The van der Waals surface area contributed by atoms with Gasteiger partial charge in [-0.1, -0.05) is 6.42 Å². The van der Waals surface area contributed by atoms with Crippen molar-refractivity contribution < 1.29 is 46.7 Å². The predicted molar refractivity (Wildman–Crippen MR) is 151 cm³/mol. The molecule has 1 saturated heterocycles. The highest BCUT2D eigenvalue weighted by molar-refractivity contribution is 7.85. The molecule has 2 unspecified atom stereocenters. The smallest absolute Gasteiger partial charge is 0.284 e. The number of nitro groups is 1. The number of nitrogens with one attached hydrogen (secondary N) is 3. The minimum atomic E-state index is -4.75. The molecule has 2 heterocycles. The van der Waals surface area contributed by atoms with Crippen LogP contribution in [0.15, 0.2) is 30.4 Å². The molecule has 0 aromatic heterocycles. The summed E-state index contributed by atoms with van der Waals surface area (Å²) >= 11 is 0. The summed E-state index contributed by atoms with van der Waals surface area (Å²) < 4.78 is 32.7. The van der Waals surface area contributed by atoms with Crippen LogP contribution in [0.4, 0.5) is 11.4 Å². The molecule has 3 rings (SSSR count). The highest BCUT2D eigenvalue weighted by atomic mass is 32.2. The van der Waals surface area contributed by atoms with Crippen molar-refractivity contribution in [2.24, 2.45) is 5.84 Å². The largest absolute Gasteiger partial charge is 0.343 e. The minimum absolute atomic E-state index is 0.0212. The third-order valence-electron chi connectivity index (χ3n) is 6.87. The van der Waals surface area contributed by atoms with Gasteiger partial charge in [0.15, 0.2) is 0 Å². The number of anilines is 1. The maximum atomic E-state index is 13.3. The molecule has 1 aromatic carbocycles. The minimum Gasteiger partial charge on any atom is -0.343 e. The Labute approximate surface area is 250 Å². The number of hydrazine groups is 1. The van der Waals surface area contributed by atoms with E-state index in [4.69, 9.17) is 5.84 Å². The highest BCUT2D eigenvalue weighted by Gasteiger charge is 2.39. The first-order valence-corrected chi connectivity index (χ1v) is 15.0. The first-order chi connectivity index (χ1) is 20.7. The van der Waals surface area contributed by atoms with E-state index in [1.807, 2.05) is 0 Å². The molecule has 0 spiro atoms. The van der Waals surface area contributed by atoms with Crippen molar-refractivity contribution in [3.8, 4) is 0 Å². The lowest BCUT2D eigenvalue weighted by Crippen LogP contribution is -2.54. The molecule has 2 aliphatic heterocycles. The van der Waals surface area contributed by atoms with Crippen LogP contribution in [0.5, 0.6) is 0 Å². The first kappa shape index (κ1) is 33.7. The number of nitrogen functional groups attached to an aromatic ring is 1. The lowest BCUT2D eigenvalue weighted by Gasteiger charge is -2.28. The van der Waals surface area contributed by atoms with Crippen LogP contribution in [-0.4, -0.2) is 94.1 Å². The number of unbranched alkanes of at least 4 members (excludes halogenated alkanes) is 2. The van der Waals surface area contributed by atoms with E-state index in [0.29, 0.717) is 19.3 Å². The number of hydrogen-bond donors (Lipinski definition) is 5. The van der Waals surface area contributed by atoms with Crippen LogP contribution in [0.1, 0.15) is 48.9 Å². The number of nitrogens with two attached hydrogens (primary N) is 1. The third kappa shape index (κ3) is 8.88. The number of nitrogens with zero attached hydrogens (tertiary/aromatic N) is 3. The fourth-order valence-corrected chi connectivity index (χ4v) is 5.44. The molecule has 2 atom stereocenters. The van der Waals surface area contributed by atoms with Gasteiger partial charge in [-0.3, -0.25) is 53.8 Å². The topological polar surface area (TPSA) is 269 Å². The van der Waals surface area contributed by atoms with Crippen LogP contribution >= 0.6 is 0 Å². The van der Waals surface area contributed by atoms with Gasteiger partial charge in [0.05, 0.1) is 4.92 Å². The molecule has 0 bridgehead atoms. The second-order valence-corrected chi connectivity index (χ2v) is 11.5. The molecular formula is C25H31N7O11S. The van der Waals surface area contributed by atoms with Crippen LogP contribution in [0.3, 0.4) is 0 Å². The summed E-state index contributed by atoms with van der Waals surface area (Å²) in [6.07, 6.45) is 3.81. The number of carbonyl (C=O) groups is 6. The van der Waals surface area contributed by atoms with Gasteiger partial charge < -0.3 is 15.5 Å². The lowest BCUT2D eigenvalue weighted by atomic mass is 10.1. The monoisotopic (exact) mass is 637 g/mol. The summed E-state index contributed by atoms with van der Waals surface area (Å²) in [5.74, 6) is -0.282. The van der Waals surface area contributed by atoms with Crippen LogP contribution < -0.4 is 21.9 Å². The molecular weight excluding hydrogens is 606 g/mol. The van der Waals surface area contributed by atoms with E-state index in [1.165, 1.54) is 6.07 Å². The standard InChI is InChI=1S/C25H31N7O11S/c26-29-23(36)16-8-7-15(13-19(16)32(39)40)27-24(37)18-5-4-12-30(18)25(38)17(14-44(41,42)43)28-20(33)6-2-1-3-11-31-21(34)9-10-22(31)35/h7-10,13,17-18H,1-6,11-12,14,26H2,(H,27,37)(H,28,33)(H,29,36)(H,41,42,43). The van der Waals surface area contributed by atoms with Crippen molar-refractivity contribution in [2.45, 2.75) is 50.6 Å². The number of imide groups is 1. The molecule has 0 saturated carbocycles. The molecule has 238 valence electrons. The Bertz CT molecular complexity index is 1480. The number of likely N-dealkylation sites (tertiary alicyclic amines) is 1. The highest BCUT2D eigenvalue weighted by Crippen LogP contribution is 2.25. The van der Waals surface area contributed by atoms with E-state index < -0.39 is 74.0 Å². The Kier molecular flexibility index (Phi) is 11.2. The van der Waals surface area contributed by atoms with Gasteiger partial charge in [-0.05, 0) is 37.8 Å². The quantitative estimate of drug-likeness (QED) is 0.0312. The number of carbonyl (C=O) groups excluding carboxylic acids is 6. The maximum absolute atomic E-state index is 13.3. The van der Waals surface area contributed by atoms with E-state index in [0.717, 1.165) is 34.1 Å². The van der Waals surface area contributed by atoms with E-state index in [2.05, 4.69) is 10.6 Å². The number of benzene rings is 1. The maximum Gasteiger partial charge on any atom is 0.284 e. The molecule has 18 nitrogen and oxygen atoms in total. The molecule has 0 radical (unpaired) electrons. The molecule has 2 aliphatic rings. The second kappa shape index (κ2) is 14.6. The molecule has 1 fully saturated rings. The summed E-state index contributed by atoms with van der Waals surface area (Å²) in [5.41, 5.74) is 0.717. The summed E-state index contributed by atoms with van der Waals surface area (Å²) in [7, 11) is -4.75. The summed E-state index contributed by atoms with van der Waals surface area (Å²) in [4.78, 5) is 86.6. The Balaban J connectivity index is 1.62. The fourth-order valence-electron chi connectivity index (χ4n) is 4.79. The SMILES string of the molecule is NNC(=O)c1ccc(NC(=O)C2CCCN2C(=O)C(CS(=O)(=O)O)NC(=O)CCCCCN2C(=O)C=CC2=O)cc1[N+](=O)[O-]. The van der Waals surface area contributed by atoms with Gasteiger partial charge in [0.2, 0.25) is 17.7 Å². The van der Waals surface area contributed by atoms with Gasteiger partial charge in [0.25, 0.3) is 33.5 Å². The van der Waals surface area contributed by atoms with Gasteiger partial charge in [0.1, 0.15) is 23.4 Å². The fraction of sp³-hybridized carbons (Fsp3) is 0.440. The van der Waals surface area contributed by atoms with E-state index in [-0.39, 0.29) is 43.6 Å². The molecule has 19 heteroatoms. The van der Waals surface area contributed by atoms with E-state index in [9.17, 15) is 51.9 Å². The van der Waals surface area contributed by atoms with Crippen LogP contribution in [0.2, 0.25) is 0 Å². The zero-order chi connectivity index (χ0) is 32.6. The summed E-state index contributed by atoms with van der Waals surface area (Å²) in [5, 5.41) is 16.1. The number of nitro benzene ring substituents is 1. The molecule has 44 heavy (non-hydrogen) atoms. The van der Waals surface area contributed by atoms with Crippen molar-refractivity contribution in [2.75, 3.05) is 24.2 Å². The molecule has 6 amide bonds. The van der Waals surface area contributed by atoms with Crippen LogP contribution in [0, 0.1) is 10.1 Å². The van der Waals surface area contributed by atoms with Crippen LogP contribution in [-0.2, 0) is 34.1 Å². The van der Waals surface area contributed by atoms with Crippen molar-refractivity contribution in [3.05, 3.63) is 46.0 Å². The Hall–Kier alpha value is -4.75. The van der Waals surface area contributed by atoms with Crippen molar-refractivity contribution in [3.63, 3.8) is 0 Å². The molecule has 0 aliphatic carbocycles. The van der Waals surface area contributed by atoms with Gasteiger partial charge in [-0.15, -0.1) is 0 Å². The third-order valence-corrected chi connectivity index (χ3v) is 7.63. The molecule has 6 N–H and O–H groups in total. The Morgan fingerprint density at radius 3 is 2.41 bits per heavy atom. The summed E-state index contributed by atoms with van der Waals surface area (Å²) in [6, 6.07) is 0.374. The average molecular weight is 638 g/mol. The van der Waals surface area contributed by atoms with Crippen molar-refractivity contribution in [1.82, 2.24) is 20.5 Å². The van der Waals surface area contributed by atoms with Crippen molar-refractivity contribution in [1.29, 1.82) is 0 Å². The van der Waals surface area contributed by atoms with Crippen LogP contribution in [0.25, 0.3) is 0 Å². The predicted octanol–water partition coefficient (Wildman–Crippen LogP) is -1.01. The van der Waals surface area contributed by atoms with Gasteiger partial charge >= 0.3 is 0 Å². The van der Waals surface area contributed by atoms with Gasteiger partial charge in [-0.2, -0.15) is 8.42 Å². The Morgan fingerprint density at radius 1 is 1.11 bits per heavy atom. The second-order valence-electron chi connectivity index (χ2n) is 9.98. The zero-order valence-corrected chi connectivity index (χ0v) is 24.1. The average Bonchev–Trinajstić information content (AvgIpc) is 3.57. The van der Waals surface area contributed by atoms with Crippen molar-refractivity contribution >= 4 is 56.9 Å². The van der Waals surface area contributed by atoms with Gasteiger partial charge in [0, 0.05) is 43.4 Å². The number of rotatable bonds is 14. The zero-order valence-electron chi connectivity index (χ0n) is 23.3. The van der Waals surface area contributed by atoms with E-state index in [1.54, 1.807) is 5.43 Å². The van der Waals surface area contributed by atoms with Gasteiger partial charge in [-0.25, -0.2) is 5.84 Å². The normalized spacial score (nSPS) is 17.0. The lowest BCUT2D eigenvalue weighted by molar-refractivity contribution is -0.385. The number of amides is 6. The van der Waals surface area contributed by atoms with E-state index >= 15 is 0 Å². The number of hydrogen-bond acceptors (Lipinski definition) is 11.